The average Bonchev–Trinajstić information content (AvgIpc) is 3.36. The lowest BCUT2D eigenvalue weighted by molar-refractivity contribution is 0.102. The SMILES string of the molecule is Cc1nc(COc2cccc(C(=O)Nc3nc(-c4ccc(F)cc4)cs3)c2)cs1. The van der Waals surface area contributed by atoms with Gasteiger partial charge in [0.15, 0.2) is 5.13 Å². The van der Waals surface area contributed by atoms with Crippen LogP contribution in [0.15, 0.2) is 59.3 Å². The Morgan fingerprint density at radius 3 is 2.69 bits per heavy atom. The number of hydrogen-bond acceptors (Lipinski definition) is 6. The summed E-state index contributed by atoms with van der Waals surface area (Å²) in [6.45, 7) is 2.29. The van der Waals surface area contributed by atoms with Crippen molar-refractivity contribution < 1.29 is 13.9 Å². The summed E-state index contributed by atoms with van der Waals surface area (Å²) in [5, 5.41) is 8.02. The zero-order valence-electron chi connectivity index (χ0n) is 15.4. The number of anilines is 1. The molecule has 0 aliphatic rings. The highest BCUT2D eigenvalue weighted by molar-refractivity contribution is 7.14. The van der Waals surface area contributed by atoms with Gasteiger partial charge in [-0.2, -0.15) is 0 Å². The summed E-state index contributed by atoms with van der Waals surface area (Å²) < 4.78 is 18.8. The number of nitrogens with zero attached hydrogens (tertiary/aromatic N) is 2. The van der Waals surface area contributed by atoms with Gasteiger partial charge in [0.2, 0.25) is 0 Å². The van der Waals surface area contributed by atoms with E-state index in [1.807, 2.05) is 17.7 Å². The van der Waals surface area contributed by atoms with Crippen molar-refractivity contribution in [3.8, 4) is 17.0 Å². The number of hydrogen-bond donors (Lipinski definition) is 1. The maximum absolute atomic E-state index is 13.1. The molecule has 8 heteroatoms. The van der Waals surface area contributed by atoms with E-state index >= 15 is 0 Å². The van der Waals surface area contributed by atoms with Gasteiger partial charge < -0.3 is 4.74 Å². The first kappa shape index (κ1) is 19.2. The molecule has 0 unspecified atom stereocenters. The summed E-state index contributed by atoms with van der Waals surface area (Å²) in [5.74, 6) is 0.0129. The third-order valence-electron chi connectivity index (χ3n) is 4.01. The second-order valence-electron chi connectivity index (χ2n) is 6.17. The van der Waals surface area contributed by atoms with Crippen LogP contribution in [0.3, 0.4) is 0 Å². The Balaban J connectivity index is 1.41. The molecule has 1 amide bonds. The van der Waals surface area contributed by atoms with Gasteiger partial charge in [-0.15, -0.1) is 22.7 Å². The molecule has 0 aliphatic heterocycles. The van der Waals surface area contributed by atoms with Crippen molar-refractivity contribution in [1.82, 2.24) is 9.97 Å². The number of ether oxygens (including phenoxy) is 1. The maximum atomic E-state index is 13.1. The van der Waals surface area contributed by atoms with Gasteiger partial charge in [-0.05, 0) is 49.4 Å². The van der Waals surface area contributed by atoms with Gasteiger partial charge in [-0.25, -0.2) is 14.4 Å². The number of rotatable bonds is 6. The average molecular weight is 426 g/mol. The van der Waals surface area contributed by atoms with E-state index in [1.54, 1.807) is 47.7 Å². The van der Waals surface area contributed by atoms with Crippen LogP contribution < -0.4 is 10.1 Å². The summed E-state index contributed by atoms with van der Waals surface area (Å²) in [6, 6.07) is 13.0. The van der Waals surface area contributed by atoms with Gasteiger partial charge in [0.1, 0.15) is 18.2 Å². The Hall–Kier alpha value is -3.10. The Labute approximate surface area is 174 Å². The minimum absolute atomic E-state index is 0.278. The first-order valence-corrected chi connectivity index (χ1v) is 10.5. The fraction of sp³-hybridized carbons (Fsp3) is 0.0952. The first-order valence-electron chi connectivity index (χ1n) is 8.73. The van der Waals surface area contributed by atoms with Crippen LogP contribution in [0.4, 0.5) is 9.52 Å². The van der Waals surface area contributed by atoms with Crippen LogP contribution >= 0.6 is 22.7 Å². The van der Waals surface area contributed by atoms with Crippen molar-refractivity contribution in [3.05, 3.63) is 81.4 Å². The number of thiazole rings is 2. The van der Waals surface area contributed by atoms with Crippen LogP contribution in [0.1, 0.15) is 21.1 Å². The molecule has 5 nitrogen and oxygen atoms in total. The van der Waals surface area contributed by atoms with Gasteiger partial charge in [-0.3, -0.25) is 10.1 Å². The minimum atomic E-state index is -0.301. The lowest BCUT2D eigenvalue weighted by Crippen LogP contribution is -2.11. The highest BCUT2D eigenvalue weighted by atomic mass is 32.1. The molecule has 1 N–H and O–H groups in total. The smallest absolute Gasteiger partial charge is 0.257 e. The molecule has 0 spiro atoms. The van der Waals surface area contributed by atoms with Crippen LogP contribution in [-0.2, 0) is 6.61 Å². The van der Waals surface area contributed by atoms with Gasteiger partial charge in [0, 0.05) is 21.9 Å². The number of aromatic nitrogens is 2. The number of halogens is 1. The molecular weight excluding hydrogens is 409 g/mol. The van der Waals surface area contributed by atoms with Gasteiger partial charge in [-0.1, -0.05) is 6.07 Å². The van der Waals surface area contributed by atoms with Crippen molar-refractivity contribution >= 4 is 33.7 Å². The van der Waals surface area contributed by atoms with Crippen LogP contribution in [0.2, 0.25) is 0 Å². The molecule has 0 bridgehead atoms. The van der Waals surface area contributed by atoms with Crippen LogP contribution in [-0.4, -0.2) is 15.9 Å². The molecule has 0 radical (unpaired) electrons. The molecule has 4 aromatic rings. The van der Waals surface area contributed by atoms with E-state index in [9.17, 15) is 9.18 Å². The molecule has 2 aromatic heterocycles. The summed E-state index contributed by atoms with van der Waals surface area (Å²) in [6.07, 6.45) is 0. The monoisotopic (exact) mass is 425 g/mol. The number of carbonyl (C=O) groups excluding carboxylic acids is 1. The van der Waals surface area contributed by atoms with Crippen molar-refractivity contribution in [2.45, 2.75) is 13.5 Å². The Morgan fingerprint density at radius 1 is 1.10 bits per heavy atom. The molecule has 29 heavy (non-hydrogen) atoms. The van der Waals surface area contributed by atoms with E-state index in [0.29, 0.717) is 28.7 Å². The van der Waals surface area contributed by atoms with E-state index in [2.05, 4.69) is 15.3 Å². The number of aryl methyl sites for hydroxylation is 1. The first-order chi connectivity index (χ1) is 14.1. The standard InChI is InChI=1S/C21H16FN3O2S2/c1-13-23-17(11-28-13)10-27-18-4-2-3-15(9-18)20(26)25-21-24-19(12-29-21)14-5-7-16(22)8-6-14/h2-9,11-12H,10H2,1H3,(H,24,25,26). The fourth-order valence-corrected chi connectivity index (χ4v) is 3.92. The Morgan fingerprint density at radius 2 is 1.93 bits per heavy atom. The molecular formula is C21H16FN3O2S2. The summed E-state index contributed by atoms with van der Waals surface area (Å²) in [4.78, 5) is 21.3. The van der Waals surface area contributed by atoms with Crippen LogP contribution in [0.5, 0.6) is 5.75 Å². The number of benzene rings is 2. The normalized spacial score (nSPS) is 10.7. The van der Waals surface area contributed by atoms with Crippen LogP contribution in [0, 0.1) is 12.7 Å². The molecule has 2 heterocycles. The van der Waals surface area contributed by atoms with Gasteiger partial charge in [0.05, 0.1) is 16.4 Å². The summed E-state index contributed by atoms with van der Waals surface area (Å²) in [5.41, 5.74) is 2.80. The highest BCUT2D eigenvalue weighted by Crippen LogP contribution is 2.26. The molecule has 4 rings (SSSR count). The second kappa shape index (κ2) is 8.50. The minimum Gasteiger partial charge on any atom is -0.487 e. The van der Waals surface area contributed by atoms with Crippen molar-refractivity contribution in [2.24, 2.45) is 0 Å². The lowest BCUT2D eigenvalue weighted by Gasteiger charge is -2.07. The largest absolute Gasteiger partial charge is 0.487 e. The lowest BCUT2D eigenvalue weighted by atomic mass is 10.2. The highest BCUT2D eigenvalue weighted by Gasteiger charge is 2.11. The molecule has 146 valence electrons. The molecule has 0 saturated carbocycles. The molecule has 0 saturated heterocycles. The van der Waals surface area contributed by atoms with E-state index in [4.69, 9.17) is 4.74 Å². The Kier molecular flexibility index (Phi) is 5.64. The second-order valence-corrected chi connectivity index (χ2v) is 8.09. The fourth-order valence-electron chi connectivity index (χ4n) is 2.61. The molecule has 0 atom stereocenters. The number of nitrogens with one attached hydrogen (secondary N) is 1. The Bertz CT molecular complexity index is 1140. The third kappa shape index (κ3) is 4.85. The molecule has 2 aromatic carbocycles. The van der Waals surface area contributed by atoms with Crippen LogP contribution in [0.25, 0.3) is 11.3 Å². The van der Waals surface area contributed by atoms with E-state index in [1.165, 1.54) is 23.5 Å². The zero-order chi connectivity index (χ0) is 20.2. The molecule has 0 aliphatic carbocycles. The summed E-state index contributed by atoms with van der Waals surface area (Å²) in [7, 11) is 0. The topological polar surface area (TPSA) is 64.1 Å². The van der Waals surface area contributed by atoms with Crippen molar-refractivity contribution in [1.29, 1.82) is 0 Å². The number of amides is 1. The van der Waals surface area contributed by atoms with E-state index in [0.717, 1.165) is 16.3 Å². The van der Waals surface area contributed by atoms with E-state index < -0.39 is 0 Å². The van der Waals surface area contributed by atoms with Gasteiger partial charge >= 0.3 is 0 Å². The third-order valence-corrected chi connectivity index (χ3v) is 5.59. The van der Waals surface area contributed by atoms with Gasteiger partial charge in [0.25, 0.3) is 5.91 Å². The summed E-state index contributed by atoms with van der Waals surface area (Å²) >= 11 is 2.88. The van der Waals surface area contributed by atoms with E-state index in [-0.39, 0.29) is 11.7 Å². The predicted molar refractivity (Wildman–Crippen MR) is 113 cm³/mol. The maximum Gasteiger partial charge on any atom is 0.257 e. The van der Waals surface area contributed by atoms with Crippen molar-refractivity contribution in [2.75, 3.05) is 5.32 Å². The zero-order valence-corrected chi connectivity index (χ0v) is 17.0. The predicted octanol–water partition coefficient (Wildman–Crippen LogP) is 5.55. The molecule has 0 fully saturated rings. The quantitative estimate of drug-likeness (QED) is 0.440. The van der Waals surface area contributed by atoms with Crippen molar-refractivity contribution in [3.63, 3.8) is 0 Å². The number of carbonyl (C=O) groups is 1.